The van der Waals surface area contributed by atoms with Gasteiger partial charge in [-0.3, -0.25) is 0 Å². The van der Waals surface area contributed by atoms with Crippen molar-refractivity contribution < 1.29 is 0 Å². The molecule has 0 amide bonds. The fraction of sp³-hybridized carbons (Fsp3) is 0.294. The zero-order valence-electron chi connectivity index (χ0n) is 11.9. The van der Waals surface area contributed by atoms with Crippen LogP contribution in [0.1, 0.15) is 11.1 Å². The summed E-state index contributed by atoms with van der Waals surface area (Å²) in [5.41, 5.74) is 2.35. The van der Waals surface area contributed by atoms with Crippen molar-refractivity contribution in [3.63, 3.8) is 0 Å². The Kier molecular flexibility index (Phi) is 6.56. The van der Waals surface area contributed by atoms with Crippen LogP contribution in [0.2, 0.25) is 10.0 Å². The van der Waals surface area contributed by atoms with Crippen molar-refractivity contribution in [2.75, 3.05) is 13.6 Å². The number of rotatable bonds is 6. The van der Waals surface area contributed by atoms with Crippen molar-refractivity contribution in [1.82, 2.24) is 5.32 Å². The Labute approximate surface area is 144 Å². The molecule has 2 rings (SSSR count). The Balaban J connectivity index is 2.16. The maximum absolute atomic E-state index is 6.29. The highest BCUT2D eigenvalue weighted by atomic mass is 79.9. The number of benzene rings is 2. The highest BCUT2D eigenvalue weighted by Crippen LogP contribution is 2.28. The Bertz CT molecular complexity index is 581. The number of halogens is 3. The van der Waals surface area contributed by atoms with E-state index in [1.807, 2.05) is 31.3 Å². The molecule has 0 saturated heterocycles. The van der Waals surface area contributed by atoms with Gasteiger partial charge in [0.2, 0.25) is 0 Å². The molecule has 112 valence electrons. The van der Waals surface area contributed by atoms with Crippen LogP contribution < -0.4 is 5.32 Å². The SMILES string of the molecule is CNCC(Cc1cccc(Br)c1)Cc1c(Cl)cccc1Cl. The first-order valence-electron chi connectivity index (χ1n) is 6.92. The third kappa shape index (κ3) is 5.00. The van der Waals surface area contributed by atoms with E-state index in [0.29, 0.717) is 5.92 Å². The molecule has 0 bridgehead atoms. The molecule has 2 aromatic rings. The second-order valence-corrected chi connectivity index (χ2v) is 6.89. The fourth-order valence-corrected chi connectivity index (χ4v) is 3.52. The molecule has 0 fully saturated rings. The van der Waals surface area contributed by atoms with Gasteiger partial charge in [0.15, 0.2) is 0 Å². The molecule has 1 unspecified atom stereocenters. The summed E-state index contributed by atoms with van der Waals surface area (Å²) in [5, 5.41) is 4.76. The first-order valence-corrected chi connectivity index (χ1v) is 8.47. The van der Waals surface area contributed by atoms with Gasteiger partial charge in [0, 0.05) is 14.5 Å². The van der Waals surface area contributed by atoms with Gasteiger partial charge in [0.1, 0.15) is 0 Å². The minimum absolute atomic E-state index is 0.446. The molecular weight excluding hydrogens is 369 g/mol. The predicted molar refractivity (Wildman–Crippen MR) is 95.4 cm³/mol. The summed E-state index contributed by atoms with van der Waals surface area (Å²) in [7, 11) is 1.97. The van der Waals surface area contributed by atoms with Crippen LogP contribution >= 0.6 is 39.1 Å². The first-order chi connectivity index (χ1) is 10.1. The van der Waals surface area contributed by atoms with Crippen LogP contribution in [-0.4, -0.2) is 13.6 Å². The molecule has 0 aromatic heterocycles. The van der Waals surface area contributed by atoms with Gasteiger partial charge in [-0.15, -0.1) is 0 Å². The van der Waals surface area contributed by atoms with Crippen molar-refractivity contribution in [3.05, 3.63) is 68.1 Å². The highest BCUT2D eigenvalue weighted by Gasteiger charge is 2.14. The molecular formula is C17H18BrCl2N. The van der Waals surface area contributed by atoms with Crippen molar-refractivity contribution in [3.8, 4) is 0 Å². The van der Waals surface area contributed by atoms with E-state index in [2.05, 4.69) is 39.4 Å². The lowest BCUT2D eigenvalue weighted by Crippen LogP contribution is -2.23. The van der Waals surface area contributed by atoms with E-state index in [1.54, 1.807) is 0 Å². The second kappa shape index (κ2) is 8.19. The molecule has 0 saturated carbocycles. The van der Waals surface area contributed by atoms with E-state index in [-0.39, 0.29) is 0 Å². The van der Waals surface area contributed by atoms with E-state index < -0.39 is 0 Å². The van der Waals surface area contributed by atoms with Crippen LogP contribution in [0.25, 0.3) is 0 Å². The summed E-state index contributed by atoms with van der Waals surface area (Å²) in [5.74, 6) is 0.446. The van der Waals surface area contributed by atoms with Crippen LogP contribution in [0.15, 0.2) is 46.9 Å². The molecule has 0 spiro atoms. The quantitative estimate of drug-likeness (QED) is 0.702. The number of hydrogen-bond acceptors (Lipinski definition) is 1. The molecule has 1 atom stereocenters. The first kappa shape index (κ1) is 16.8. The van der Waals surface area contributed by atoms with Crippen LogP contribution in [0.5, 0.6) is 0 Å². The summed E-state index contributed by atoms with van der Waals surface area (Å²) in [6, 6.07) is 14.1. The second-order valence-electron chi connectivity index (χ2n) is 5.16. The smallest absolute Gasteiger partial charge is 0.0452 e. The van der Waals surface area contributed by atoms with Crippen molar-refractivity contribution >= 4 is 39.1 Å². The van der Waals surface area contributed by atoms with E-state index >= 15 is 0 Å². The topological polar surface area (TPSA) is 12.0 Å². The normalized spacial score (nSPS) is 12.4. The van der Waals surface area contributed by atoms with Gasteiger partial charge in [-0.1, -0.05) is 57.3 Å². The van der Waals surface area contributed by atoms with Gasteiger partial charge < -0.3 is 5.32 Å². The van der Waals surface area contributed by atoms with Crippen LogP contribution in [0.3, 0.4) is 0 Å². The molecule has 0 aliphatic heterocycles. The van der Waals surface area contributed by atoms with Crippen molar-refractivity contribution in [2.24, 2.45) is 5.92 Å². The highest BCUT2D eigenvalue weighted by molar-refractivity contribution is 9.10. The fourth-order valence-electron chi connectivity index (χ4n) is 2.52. The zero-order valence-corrected chi connectivity index (χ0v) is 15.0. The van der Waals surface area contributed by atoms with Crippen molar-refractivity contribution in [1.29, 1.82) is 0 Å². The van der Waals surface area contributed by atoms with Gasteiger partial charge in [-0.05, 0) is 67.7 Å². The maximum Gasteiger partial charge on any atom is 0.0452 e. The van der Waals surface area contributed by atoms with Gasteiger partial charge in [0.25, 0.3) is 0 Å². The molecule has 21 heavy (non-hydrogen) atoms. The molecule has 0 radical (unpaired) electrons. The monoisotopic (exact) mass is 385 g/mol. The Morgan fingerprint density at radius 3 is 2.33 bits per heavy atom. The summed E-state index contributed by atoms with van der Waals surface area (Å²) >= 11 is 16.1. The summed E-state index contributed by atoms with van der Waals surface area (Å²) in [6.45, 7) is 0.925. The predicted octanol–water partition coefficient (Wildman–Crippen LogP) is 5.38. The minimum atomic E-state index is 0.446. The Morgan fingerprint density at radius 2 is 1.71 bits per heavy atom. The lowest BCUT2D eigenvalue weighted by Gasteiger charge is -2.18. The largest absolute Gasteiger partial charge is 0.319 e. The average Bonchev–Trinajstić information content (AvgIpc) is 2.43. The molecule has 0 aliphatic carbocycles. The maximum atomic E-state index is 6.29. The van der Waals surface area contributed by atoms with E-state index in [9.17, 15) is 0 Å². The Hall–Kier alpha value is -0.540. The van der Waals surface area contributed by atoms with Gasteiger partial charge in [0.05, 0.1) is 0 Å². The van der Waals surface area contributed by atoms with E-state index in [4.69, 9.17) is 23.2 Å². The number of nitrogens with one attached hydrogen (secondary N) is 1. The van der Waals surface area contributed by atoms with Gasteiger partial charge in [-0.25, -0.2) is 0 Å². The summed E-state index contributed by atoms with van der Waals surface area (Å²) < 4.78 is 1.11. The lowest BCUT2D eigenvalue weighted by molar-refractivity contribution is 0.493. The van der Waals surface area contributed by atoms with Gasteiger partial charge >= 0.3 is 0 Å². The van der Waals surface area contributed by atoms with E-state index in [1.165, 1.54) is 5.56 Å². The minimum Gasteiger partial charge on any atom is -0.319 e. The molecule has 2 aromatic carbocycles. The zero-order chi connectivity index (χ0) is 15.2. The molecule has 1 nitrogen and oxygen atoms in total. The molecule has 0 aliphatic rings. The third-order valence-corrected chi connectivity index (χ3v) is 4.66. The standard InChI is InChI=1S/C17H18BrCl2N/c1-21-11-13(8-12-4-2-5-14(18)9-12)10-15-16(19)6-3-7-17(15)20/h2-7,9,13,21H,8,10-11H2,1H3. The molecule has 0 heterocycles. The molecule has 1 N–H and O–H groups in total. The molecule has 4 heteroatoms. The number of hydrogen-bond donors (Lipinski definition) is 1. The summed E-state index contributed by atoms with van der Waals surface area (Å²) in [6.07, 6.45) is 1.85. The van der Waals surface area contributed by atoms with Crippen LogP contribution in [0, 0.1) is 5.92 Å². The van der Waals surface area contributed by atoms with Crippen LogP contribution in [-0.2, 0) is 12.8 Å². The summed E-state index contributed by atoms with van der Waals surface area (Å²) in [4.78, 5) is 0. The van der Waals surface area contributed by atoms with Crippen LogP contribution in [0.4, 0.5) is 0 Å². The van der Waals surface area contributed by atoms with Crippen molar-refractivity contribution in [2.45, 2.75) is 12.8 Å². The average molecular weight is 387 g/mol. The Morgan fingerprint density at radius 1 is 1.05 bits per heavy atom. The lowest BCUT2D eigenvalue weighted by atomic mass is 9.92. The van der Waals surface area contributed by atoms with Gasteiger partial charge in [-0.2, -0.15) is 0 Å². The third-order valence-electron chi connectivity index (χ3n) is 3.46. The van der Waals surface area contributed by atoms with E-state index in [0.717, 1.165) is 39.5 Å².